The van der Waals surface area contributed by atoms with E-state index >= 15 is 0 Å². The van der Waals surface area contributed by atoms with Crippen LogP contribution in [0.2, 0.25) is 10.0 Å². The van der Waals surface area contributed by atoms with Gasteiger partial charge in [-0.3, -0.25) is 4.79 Å². The summed E-state index contributed by atoms with van der Waals surface area (Å²) >= 11 is 12.0. The van der Waals surface area contributed by atoms with Crippen LogP contribution in [0.3, 0.4) is 0 Å². The molecule has 0 aromatic heterocycles. The monoisotopic (exact) mass is 426 g/mol. The molecule has 0 bridgehead atoms. The SMILES string of the molecule is O=C(Nc1cc(S(=O)(=O)N2CCCCCC2)ccc1Cl)c1ccc(Cl)cc1. The number of benzene rings is 2. The first-order valence-corrected chi connectivity index (χ1v) is 10.9. The molecule has 1 aliphatic heterocycles. The highest BCUT2D eigenvalue weighted by molar-refractivity contribution is 7.89. The molecule has 1 amide bonds. The minimum Gasteiger partial charge on any atom is -0.321 e. The van der Waals surface area contributed by atoms with Crippen molar-refractivity contribution in [3.05, 3.63) is 58.1 Å². The van der Waals surface area contributed by atoms with Crippen molar-refractivity contribution in [3.8, 4) is 0 Å². The van der Waals surface area contributed by atoms with Crippen molar-refractivity contribution < 1.29 is 13.2 Å². The van der Waals surface area contributed by atoms with Crippen LogP contribution in [-0.4, -0.2) is 31.7 Å². The standard InChI is InChI=1S/C19H20Cl2N2O3S/c20-15-7-5-14(6-8-15)19(24)22-18-13-16(9-10-17(18)21)27(25,26)23-11-3-1-2-4-12-23/h5-10,13H,1-4,11-12H2,(H,22,24). The fourth-order valence-electron chi connectivity index (χ4n) is 2.99. The lowest BCUT2D eigenvalue weighted by atomic mass is 10.2. The smallest absolute Gasteiger partial charge is 0.255 e. The molecule has 5 nitrogen and oxygen atoms in total. The predicted molar refractivity (Wildman–Crippen MR) is 108 cm³/mol. The Morgan fingerprint density at radius 2 is 1.56 bits per heavy atom. The average Bonchev–Trinajstić information content (AvgIpc) is 2.94. The summed E-state index contributed by atoms with van der Waals surface area (Å²) in [5.74, 6) is -0.391. The van der Waals surface area contributed by atoms with Gasteiger partial charge in [0, 0.05) is 23.7 Å². The summed E-state index contributed by atoms with van der Waals surface area (Å²) in [5.41, 5.74) is 0.656. The maximum Gasteiger partial charge on any atom is 0.255 e. The Hall–Kier alpha value is -1.60. The molecular weight excluding hydrogens is 407 g/mol. The number of carbonyl (C=O) groups excluding carboxylic acids is 1. The first kappa shape index (κ1) is 20.1. The second-order valence-electron chi connectivity index (χ2n) is 6.42. The van der Waals surface area contributed by atoms with Crippen molar-refractivity contribution >= 4 is 44.8 Å². The van der Waals surface area contributed by atoms with Gasteiger partial charge in [0.05, 0.1) is 15.6 Å². The number of amides is 1. The summed E-state index contributed by atoms with van der Waals surface area (Å²) in [6.45, 7) is 1.02. The topological polar surface area (TPSA) is 66.5 Å². The number of sulfonamides is 1. The quantitative estimate of drug-likeness (QED) is 0.762. The summed E-state index contributed by atoms with van der Waals surface area (Å²) in [6.07, 6.45) is 3.78. The van der Waals surface area contributed by atoms with E-state index in [4.69, 9.17) is 23.2 Å². The second-order valence-corrected chi connectivity index (χ2v) is 9.20. The van der Waals surface area contributed by atoms with Gasteiger partial charge in [0.25, 0.3) is 5.91 Å². The van der Waals surface area contributed by atoms with Gasteiger partial charge in [0.2, 0.25) is 10.0 Å². The van der Waals surface area contributed by atoms with Crippen LogP contribution in [0.5, 0.6) is 0 Å². The molecule has 1 saturated heterocycles. The highest BCUT2D eigenvalue weighted by Crippen LogP contribution is 2.28. The summed E-state index contributed by atoms with van der Waals surface area (Å²) in [5, 5.41) is 3.47. The van der Waals surface area contributed by atoms with E-state index in [1.807, 2.05) is 0 Å². The second kappa shape index (κ2) is 8.61. The van der Waals surface area contributed by atoms with Crippen molar-refractivity contribution in [1.82, 2.24) is 4.31 Å². The van der Waals surface area contributed by atoms with Gasteiger partial charge in [0.1, 0.15) is 0 Å². The third-order valence-corrected chi connectivity index (χ3v) is 6.97. The Balaban J connectivity index is 1.85. The van der Waals surface area contributed by atoms with Gasteiger partial charge < -0.3 is 5.32 Å². The van der Waals surface area contributed by atoms with Crippen LogP contribution in [0.25, 0.3) is 0 Å². The summed E-state index contributed by atoms with van der Waals surface area (Å²) in [4.78, 5) is 12.5. The summed E-state index contributed by atoms with van der Waals surface area (Å²) in [6, 6.07) is 10.8. The number of halogens is 2. The molecule has 2 aromatic rings. The highest BCUT2D eigenvalue weighted by atomic mass is 35.5. The lowest BCUT2D eigenvalue weighted by Gasteiger charge is -2.20. The zero-order valence-electron chi connectivity index (χ0n) is 14.6. The van der Waals surface area contributed by atoms with E-state index in [2.05, 4.69) is 5.32 Å². The fourth-order valence-corrected chi connectivity index (χ4v) is 4.82. The van der Waals surface area contributed by atoms with E-state index in [1.165, 1.54) is 22.5 Å². The largest absolute Gasteiger partial charge is 0.321 e. The Morgan fingerprint density at radius 1 is 0.926 bits per heavy atom. The van der Waals surface area contributed by atoms with E-state index in [1.54, 1.807) is 24.3 Å². The van der Waals surface area contributed by atoms with E-state index in [9.17, 15) is 13.2 Å². The number of nitrogens with zero attached hydrogens (tertiary/aromatic N) is 1. The molecular formula is C19H20Cl2N2O3S. The number of hydrogen-bond acceptors (Lipinski definition) is 3. The van der Waals surface area contributed by atoms with Crippen LogP contribution in [0.1, 0.15) is 36.0 Å². The Kier molecular flexibility index (Phi) is 6.42. The van der Waals surface area contributed by atoms with E-state index in [0.717, 1.165) is 25.7 Å². The van der Waals surface area contributed by atoms with E-state index in [0.29, 0.717) is 23.7 Å². The average molecular weight is 427 g/mol. The Labute approximate surface area is 169 Å². The predicted octanol–water partition coefficient (Wildman–Crippen LogP) is 4.81. The maximum atomic E-state index is 13.0. The van der Waals surface area contributed by atoms with Crippen molar-refractivity contribution in [2.45, 2.75) is 30.6 Å². The first-order valence-electron chi connectivity index (χ1n) is 8.74. The number of carbonyl (C=O) groups is 1. The van der Waals surface area contributed by atoms with Crippen LogP contribution >= 0.6 is 23.2 Å². The van der Waals surface area contributed by atoms with Gasteiger partial charge in [-0.2, -0.15) is 4.31 Å². The van der Waals surface area contributed by atoms with Crippen molar-refractivity contribution in [1.29, 1.82) is 0 Å². The number of nitrogens with one attached hydrogen (secondary N) is 1. The third-order valence-electron chi connectivity index (χ3n) is 4.50. The normalized spacial score (nSPS) is 15.9. The van der Waals surface area contributed by atoms with Gasteiger partial charge in [-0.15, -0.1) is 0 Å². The van der Waals surface area contributed by atoms with Gasteiger partial charge in [0.15, 0.2) is 0 Å². The van der Waals surface area contributed by atoms with Crippen LogP contribution in [-0.2, 0) is 10.0 Å². The molecule has 0 spiro atoms. The summed E-state index contributed by atoms with van der Waals surface area (Å²) in [7, 11) is -3.62. The summed E-state index contributed by atoms with van der Waals surface area (Å²) < 4.78 is 27.4. The zero-order valence-corrected chi connectivity index (χ0v) is 16.9. The van der Waals surface area contributed by atoms with Crippen molar-refractivity contribution in [2.75, 3.05) is 18.4 Å². The fraction of sp³-hybridized carbons (Fsp3) is 0.316. The lowest BCUT2D eigenvalue weighted by Crippen LogP contribution is -2.32. The van der Waals surface area contributed by atoms with Gasteiger partial charge in [-0.05, 0) is 55.3 Å². The first-order chi connectivity index (χ1) is 12.9. The molecule has 1 heterocycles. The van der Waals surface area contributed by atoms with Crippen LogP contribution < -0.4 is 5.32 Å². The number of anilines is 1. The van der Waals surface area contributed by atoms with Gasteiger partial charge in [-0.25, -0.2) is 8.42 Å². The molecule has 0 unspecified atom stereocenters. The molecule has 0 radical (unpaired) electrons. The lowest BCUT2D eigenvalue weighted by molar-refractivity contribution is 0.102. The van der Waals surface area contributed by atoms with Crippen molar-refractivity contribution in [2.24, 2.45) is 0 Å². The van der Waals surface area contributed by atoms with E-state index in [-0.39, 0.29) is 15.6 Å². The number of hydrogen-bond donors (Lipinski definition) is 1. The van der Waals surface area contributed by atoms with Crippen LogP contribution in [0.15, 0.2) is 47.4 Å². The molecule has 2 aromatic carbocycles. The zero-order chi connectivity index (χ0) is 19.4. The third kappa shape index (κ3) is 4.82. The molecule has 1 aliphatic rings. The molecule has 8 heteroatoms. The molecule has 27 heavy (non-hydrogen) atoms. The Bertz CT molecular complexity index is 922. The number of rotatable bonds is 4. The van der Waals surface area contributed by atoms with Crippen molar-refractivity contribution in [3.63, 3.8) is 0 Å². The molecule has 0 saturated carbocycles. The Morgan fingerprint density at radius 3 is 2.19 bits per heavy atom. The molecule has 1 fully saturated rings. The van der Waals surface area contributed by atoms with Crippen LogP contribution in [0, 0.1) is 0 Å². The highest BCUT2D eigenvalue weighted by Gasteiger charge is 2.26. The molecule has 144 valence electrons. The maximum absolute atomic E-state index is 13.0. The minimum atomic E-state index is -3.62. The van der Waals surface area contributed by atoms with E-state index < -0.39 is 15.9 Å². The minimum absolute atomic E-state index is 0.125. The molecule has 3 rings (SSSR count). The van der Waals surface area contributed by atoms with Gasteiger partial charge >= 0.3 is 0 Å². The molecule has 0 aliphatic carbocycles. The molecule has 0 atom stereocenters. The molecule has 1 N–H and O–H groups in total. The van der Waals surface area contributed by atoms with Crippen LogP contribution in [0.4, 0.5) is 5.69 Å². The van der Waals surface area contributed by atoms with Gasteiger partial charge in [-0.1, -0.05) is 36.0 Å².